The van der Waals surface area contributed by atoms with Crippen LogP contribution in [0.5, 0.6) is 0 Å². The summed E-state index contributed by atoms with van der Waals surface area (Å²) in [6.07, 6.45) is 9.18. The minimum Gasteiger partial charge on any atom is -0.357 e. The van der Waals surface area contributed by atoms with Crippen molar-refractivity contribution in [3.05, 3.63) is 96.2 Å². The second kappa shape index (κ2) is 12.0. The number of nitrogens with one attached hydrogen (secondary N) is 2. The van der Waals surface area contributed by atoms with Crippen LogP contribution in [0.15, 0.2) is 84.5 Å². The average Bonchev–Trinajstić information content (AvgIpc) is 3.51. The van der Waals surface area contributed by atoms with Gasteiger partial charge in [-0.2, -0.15) is 10.2 Å². The fourth-order valence-electron chi connectivity index (χ4n) is 3.23. The van der Waals surface area contributed by atoms with Crippen LogP contribution in [0, 0.1) is 0 Å². The van der Waals surface area contributed by atoms with E-state index in [2.05, 4.69) is 57.0 Å². The van der Waals surface area contributed by atoms with Gasteiger partial charge in [-0.25, -0.2) is 14.7 Å². The Morgan fingerprint density at radius 1 is 0.938 bits per heavy atom. The number of pyridine rings is 1. The van der Waals surface area contributed by atoms with E-state index in [0.29, 0.717) is 13.1 Å². The number of aromatic nitrogens is 5. The molecule has 32 heavy (non-hydrogen) atoms. The van der Waals surface area contributed by atoms with Crippen molar-refractivity contribution >= 4 is 29.9 Å². The summed E-state index contributed by atoms with van der Waals surface area (Å²) >= 11 is 0. The average molecular weight is 542 g/mol. The fraction of sp³-hybridized carbons (Fsp3) is 0.217. The first-order valence-corrected chi connectivity index (χ1v) is 10.3. The van der Waals surface area contributed by atoms with Gasteiger partial charge in [-0.1, -0.05) is 24.3 Å². The maximum Gasteiger partial charge on any atom is 0.191 e. The summed E-state index contributed by atoms with van der Waals surface area (Å²) < 4.78 is 3.67. The molecular formula is C23H27IN8. The van der Waals surface area contributed by atoms with Crippen LogP contribution in [-0.2, 0) is 19.6 Å². The lowest BCUT2D eigenvalue weighted by Gasteiger charge is -2.14. The van der Waals surface area contributed by atoms with Gasteiger partial charge in [-0.15, -0.1) is 24.0 Å². The third-order valence-electron chi connectivity index (χ3n) is 4.77. The van der Waals surface area contributed by atoms with Gasteiger partial charge in [0.15, 0.2) is 11.8 Å². The quantitative estimate of drug-likeness (QED) is 0.203. The van der Waals surface area contributed by atoms with Gasteiger partial charge < -0.3 is 10.6 Å². The minimum absolute atomic E-state index is 0. The number of benzene rings is 1. The summed E-state index contributed by atoms with van der Waals surface area (Å²) in [5.74, 6) is 1.55. The Balaban J connectivity index is 0.00000289. The minimum atomic E-state index is 0. The molecule has 3 heterocycles. The molecule has 9 heteroatoms. The van der Waals surface area contributed by atoms with E-state index >= 15 is 0 Å². The summed E-state index contributed by atoms with van der Waals surface area (Å²) in [5.41, 5.74) is 3.51. The lowest BCUT2D eigenvalue weighted by molar-refractivity contribution is 0.677. The van der Waals surface area contributed by atoms with E-state index in [4.69, 9.17) is 4.99 Å². The molecule has 4 rings (SSSR count). The zero-order valence-corrected chi connectivity index (χ0v) is 20.3. The number of hydrogen-bond acceptors (Lipinski definition) is 4. The molecule has 0 radical (unpaired) electrons. The van der Waals surface area contributed by atoms with Crippen molar-refractivity contribution in [2.24, 2.45) is 4.99 Å². The van der Waals surface area contributed by atoms with E-state index in [1.54, 1.807) is 23.3 Å². The van der Waals surface area contributed by atoms with Crippen LogP contribution in [0.1, 0.15) is 23.6 Å². The molecule has 3 aromatic heterocycles. The number of rotatable bonds is 8. The first kappa shape index (κ1) is 23.5. The Hall–Kier alpha value is -3.21. The molecule has 0 aliphatic rings. The molecule has 0 unspecified atom stereocenters. The second-order valence-corrected chi connectivity index (χ2v) is 6.99. The molecular weight excluding hydrogens is 515 g/mol. The summed E-state index contributed by atoms with van der Waals surface area (Å²) in [7, 11) is 0. The van der Waals surface area contributed by atoms with Gasteiger partial charge in [-0.05, 0) is 47.9 Å². The van der Waals surface area contributed by atoms with Crippen LogP contribution in [-0.4, -0.2) is 37.0 Å². The molecule has 0 saturated heterocycles. The number of nitrogens with zero attached hydrogens (tertiary/aromatic N) is 6. The highest BCUT2D eigenvalue weighted by atomic mass is 127. The lowest BCUT2D eigenvalue weighted by Crippen LogP contribution is -2.37. The normalized spacial score (nSPS) is 11.1. The molecule has 0 amide bonds. The molecule has 0 fully saturated rings. The van der Waals surface area contributed by atoms with Crippen LogP contribution in [0.25, 0.3) is 5.82 Å². The summed E-state index contributed by atoms with van der Waals surface area (Å²) in [6, 6.07) is 16.2. The van der Waals surface area contributed by atoms with Gasteiger partial charge in [0.25, 0.3) is 0 Å². The first-order valence-electron chi connectivity index (χ1n) is 10.3. The molecule has 2 N–H and O–H groups in total. The number of aliphatic imine (C=N–C) groups is 1. The van der Waals surface area contributed by atoms with Gasteiger partial charge in [0.05, 0.1) is 13.1 Å². The monoisotopic (exact) mass is 542 g/mol. The van der Waals surface area contributed by atoms with E-state index in [-0.39, 0.29) is 24.0 Å². The second-order valence-electron chi connectivity index (χ2n) is 6.99. The summed E-state index contributed by atoms with van der Waals surface area (Å²) in [4.78, 5) is 9.12. The highest BCUT2D eigenvalue weighted by molar-refractivity contribution is 14.0. The van der Waals surface area contributed by atoms with E-state index in [1.165, 1.54) is 11.1 Å². The molecule has 4 aromatic rings. The topological polar surface area (TPSA) is 85.0 Å². The van der Waals surface area contributed by atoms with Gasteiger partial charge >= 0.3 is 0 Å². The van der Waals surface area contributed by atoms with Crippen molar-refractivity contribution in [3.63, 3.8) is 0 Å². The van der Waals surface area contributed by atoms with Crippen molar-refractivity contribution in [3.8, 4) is 5.82 Å². The third-order valence-corrected chi connectivity index (χ3v) is 4.77. The molecule has 166 valence electrons. The van der Waals surface area contributed by atoms with Crippen molar-refractivity contribution in [1.29, 1.82) is 0 Å². The molecule has 0 spiro atoms. The van der Waals surface area contributed by atoms with Gasteiger partial charge in [0, 0.05) is 44.1 Å². The molecule has 0 saturated carbocycles. The predicted molar refractivity (Wildman–Crippen MR) is 136 cm³/mol. The van der Waals surface area contributed by atoms with Crippen molar-refractivity contribution in [2.75, 3.05) is 6.54 Å². The van der Waals surface area contributed by atoms with Crippen LogP contribution in [0.4, 0.5) is 0 Å². The van der Waals surface area contributed by atoms with Crippen LogP contribution in [0.2, 0.25) is 0 Å². The number of guanidine groups is 1. The van der Waals surface area contributed by atoms with Crippen molar-refractivity contribution in [1.82, 2.24) is 35.2 Å². The fourth-order valence-corrected chi connectivity index (χ4v) is 3.23. The van der Waals surface area contributed by atoms with Crippen LogP contribution in [0.3, 0.4) is 0 Å². The Morgan fingerprint density at radius 2 is 1.75 bits per heavy atom. The van der Waals surface area contributed by atoms with Crippen molar-refractivity contribution < 1.29 is 0 Å². The van der Waals surface area contributed by atoms with Gasteiger partial charge in [-0.3, -0.25) is 4.68 Å². The molecule has 0 bridgehead atoms. The van der Waals surface area contributed by atoms with Crippen LogP contribution >= 0.6 is 24.0 Å². The van der Waals surface area contributed by atoms with E-state index in [9.17, 15) is 0 Å². The SMILES string of the molecule is CCNC(=NCc1ccnc(-n2cccn2)c1)NCc1ccccc1Cn1cccn1.I. The zero-order valence-electron chi connectivity index (χ0n) is 17.9. The lowest BCUT2D eigenvalue weighted by atomic mass is 10.1. The summed E-state index contributed by atoms with van der Waals surface area (Å²) in [6.45, 7) is 4.81. The molecule has 8 nitrogen and oxygen atoms in total. The smallest absolute Gasteiger partial charge is 0.191 e. The van der Waals surface area contributed by atoms with E-state index < -0.39 is 0 Å². The summed E-state index contributed by atoms with van der Waals surface area (Å²) in [5, 5.41) is 15.3. The zero-order chi connectivity index (χ0) is 21.3. The Morgan fingerprint density at radius 3 is 2.50 bits per heavy atom. The number of halogens is 1. The molecule has 0 atom stereocenters. The maximum absolute atomic E-state index is 4.75. The van der Waals surface area contributed by atoms with Crippen LogP contribution < -0.4 is 10.6 Å². The molecule has 1 aromatic carbocycles. The predicted octanol–water partition coefficient (Wildman–Crippen LogP) is 3.39. The van der Waals surface area contributed by atoms with E-state index in [1.807, 2.05) is 41.3 Å². The molecule has 0 aliphatic heterocycles. The highest BCUT2D eigenvalue weighted by Crippen LogP contribution is 2.11. The first-order chi connectivity index (χ1) is 15.3. The van der Waals surface area contributed by atoms with Gasteiger partial charge in [0.2, 0.25) is 0 Å². The maximum atomic E-state index is 4.75. The van der Waals surface area contributed by atoms with Gasteiger partial charge in [0.1, 0.15) is 0 Å². The standard InChI is InChI=1S/C23H26N8.HI/c1-2-24-23(26-16-19-9-12-25-22(15-19)31-14-6-11-29-31)27-17-20-7-3-4-8-21(20)18-30-13-5-10-28-30;/h3-15H,2,16-18H2,1H3,(H2,24,26,27);1H. The van der Waals surface area contributed by atoms with E-state index in [0.717, 1.165) is 30.4 Å². The Labute approximate surface area is 204 Å². The largest absolute Gasteiger partial charge is 0.357 e. The third kappa shape index (κ3) is 6.39. The Bertz CT molecular complexity index is 1110. The van der Waals surface area contributed by atoms with Crippen molar-refractivity contribution in [2.45, 2.75) is 26.6 Å². The number of hydrogen-bond donors (Lipinski definition) is 2. The Kier molecular flexibility index (Phi) is 8.79. The highest BCUT2D eigenvalue weighted by Gasteiger charge is 2.05. The molecule has 0 aliphatic carbocycles.